The standard InChI is InChI=1S/C19H27N5/c1-22(2)18-13-19(21-15-20-18)23(3)17-10-12-24(14-17)11-9-16-7-5-4-6-8-16/h4-8,13,15,17H,9-12,14H2,1-3H3. The van der Waals surface area contributed by atoms with Gasteiger partial charge in [-0.3, -0.25) is 0 Å². The number of hydrogen-bond donors (Lipinski definition) is 0. The molecular formula is C19H27N5. The van der Waals surface area contributed by atoms with Gasteiger partial charge in [-0.2, -0.15) is 0 Å². The maximum atomic E-state index is 4.45. The van der Waals surface area contributed by atoms with Crippen LogP contribution in [0.15, 0.2) is 42.7 Å². The molecule has 1 fully saturated rings. The van der Waals surface area contributed by atoms with Crippen LogP contribution < -0.4 is 9.80 Å². The van der Waals surface area contributed by atoms with E-state index in [2.05, 4.69) is 63.2 Å². The predicted octanol–water partition coefficient (Wildman–Crippen LogP) is 2.30. The molecule has 2 heterocycles. The van der Waals surface area contributed by atoms with E-state index in [4.69, 9.17) is 0 Å². The zero-order chi connectivity index (χ0) is 16.9. The number of aromatic nitrogens is 2. The summed E-state index contributed by atoms with van der Waals surface area (Å²) < 4.78 is 0. The molecule has 3 rings (SSSR count). The largest absolute Gasteiger partial charge is 0.363 e. The summed E-state index contributed by atoms with van der Waals surface area (Å²) in [6.07, 6.45) is 3.96. The maximum Gasteiger partial charge on any atom is 0.134 e. The number of likely N-dealkylation sites (tertiary alicyclic amines) is 1. The van der Waals surface area contributed by atoms with Crippen LogP contribution in [0.5, 0.6) is 0 Å². The molecule has 2 aromatic rings. The highest BCUT2D eigenvalue weighted by Gasteiger charge is 2.26. The summed E-state index contributed by atoms with van der Waals surface area (Å²) in [5.74, 6) is 1.95. The summed E-state index contributed by atoms with van der Waals surface area (Å²) >= 11 is 0. The monoisotopic (exact) mass is 325 g/mol. The molecule has 0 amide bonds. The van der Waals surface area contributed by atoms with Gasteiger partial charge in [-0.05, 0) is 18.4 Å². The van der Waals surface area contributed by atoms with E-state index in [9.17, 15) is 0 Å². The van der Waals surface area contributed by atoms with Crippen LogP contribution in [-0.2, 0) is 6.42 Å². The number of hydrogen-bond acceptors (Lipinski definition) is 5. The molecule has 0 saturated carbocycles. The van der Waals surface area contributed by atoms with Crippen LogP contribution in [0, 0.1) is 0 Å². The molecule has 0 spiro atoms. The lowest BCUT2D eigenvalue weighted by Crippen LogP contribution is -2.35. The fourth-order valence-corrected chi connectivity index (χ4v) is 3.23. The van der Waals surface area contributed by atoms with Gasteiger partial charge in [0.05, 0.1) is 0 Å². The molecule has 1 aromatic heterocycles. The molecule has 5 nitrogen and oxygen atoms in total. The van der Waals surface area contributed by atoms with Crippen LogP contribution in [0.1, 0.15) is 12.0 Å². The van der Waals surface area contributed by atoms with E-state index in [1.165, 1.54) is 12.0 Å². The number of benzene rings is 1. The van der Waals surface area contributed by atoms with Gasteiger partial charge in [0, 0.05) is 52.9 Å². The Hall–Kier alpha value is -2.14. The van der Waals surface area contributed by atoms with Crippen molar-refractivity contribution in [2.24, 2.45) is 0 Å². The van der Waals surface area contributed by atoms with Crippen molar-refractivity contribution in [3.8, 4) is 0 Å². The van der Waals surface area contributed by atoms with E-state index in [0.29, 0.717) is 6.04 Å². The van der Waals surface area contributed by atoms with Gasteiger partial charge in [-0.15, -0.1) is 0 Å². The highest BCUT2D eigenvalue weighted by molar-refractivity contribution is 5.49. The second-order valence-corrected chi connectivity index (χ2v) is 6.72. The molecular weight excluding hydrogens is 298 g/mol. The average molecular weight is 325 g/mol. The highest BCUT2D eigenvalue weighted by Crippen LogP contribution is 2.22. The second-order valence-electron chi connectivity index (χ2n) is 6.72. The third-order valence-electron chi connectivity index (χ3n) is 4.81. The fraction of sp³-hybridized carbons (Fsp3) is 0.474. The molecule has 128 valence electrons. The average Bonchev–Trinajstić information content (AvgIpc) is 3.09. The lowest BCUT2D eigenvalue weighted by atomic mass is 10.1. The van der Waals surface area contributed by atoms with Crippen molar-refractivity contribution in [1.29, 1.82) is 0 Å². The number of likely N-dealkylation sites (N-methyl/N-ethyl adjacent to an activating group) is 1. The molecule has 1 atom stereocenters. The van der Waals surface area contributed by atoms with Gasteiger partial charge in [0.15, 0.2) is 0 Å². The molecule has 1 unspecified atom stereocenters. The van der Waals surface area contributed by atoms with E-state index in [1.807, 2.05) is 19.0 Å². The Morgan fingerprint density at radius 3 is 2.58 bits per heavy atom. The predicted molar refractivity (Wildman–Crippen MR) is 99.8 cm³/mol. The Labute approximate surface area is 144 Å². The van der Waals surface area contributed by atoms with E-state index >= 15 is 0 Å². The lowest BCUT2D eigenvalue weighted by molar-refractivity contribution is 0.338. The Balaban J connectivity index is 1.56. The van der Waals surface area contributed by atoms with Crippen molar-refractivity contribution in [2.45, 2.75) is 18.9 Å². The molecule has 0 aliphatic carbocycles. The quantitative estimate of drug-likeness (QED) is 0.814. The van der Waals surface area contributed by atoms with E-state index in [-0.39, 0.29) is 0 Å². The third kappa shape index (κ3) is 4.03. The van der Waals surface area contributed by atoms with E-state index in [1.54, 1.807) is 6.33 Å². The molecule has 0 bridgehead atoms. The number of rotatable bonds is 6. The van der Waals surface area contributed by atoms with Crippen LogP contribution in [0.4, 0.5) is 11.6 Å². The molecule has 1 saturated heterocycles. The van der Waals surface area contributed by atoms with Crippen molar-refractivity contribution >= 4 is 11.6 Å². The summed E-state index contributed by atoms with van der Waals surface area (Å²) in [4.78, 5) is 15.6. The first-order chi connectivity index (χ1) is 11.6. The SMILES string of the molecule is CN(C)c1cc(N(C)C2CCN(CCc3ccccc3)C2)ncn1. The highest BCUT2D eigenvalue weighted by atomic mass is 15.3. The van der Waals surface area contributed by atoms with Crippen molar-refractivity contribution in [2.75, 3.05) is 50.6 Å². The smallest absolute Gasteiger partial charge is 0.134 e. The number of anilines is 2. The van der Waals surface area contributed by atoms with Gasteiger partial charge in [0.25, 0.3) is 0 Å². The minimum Gasteiger partial charge on any atom is -0.363 e. The molecule has 1 aliphatic rings. The summed E-state index contributed by atoms with van der Waals surface area (Å²) in [6, 6.07) is 13.3. The third-order valence-corrected chi connectivity index (χ3v) is 4.81. The first-order valence-corrected chi connectivity index (χ1v) is 8.62. The normalized spacial score (nSPS) is 17.9. The lowest BCUT2D eigenvalue weighted by Gasteiger charge is -2.26. The fourth-order valence-electron chi connectivity index (χ4n) is 3.23. The number of nitrogens with zero attached hydrogens (tertiary/aromatic N) is 5. The van der Waals surface area contributed by atoms with Crippen LogP contribution in [0.25, 0.3) is 0 Å². The van der Waals surface area contributed by atoms with Crippen LogP contribution in [0.3, 0.4) is 0 Å². The molecule has 24 heavy (non-hydrogen) atoms. The van der Waals surface area contributed by atoms with Gasteiger partial charge in [-0.25, -0.2) is 9.97 Å². The Bertz CT molecular complexity index is 643. The molecule has 0 N–H and O–H groups in total. The van der Waals surface area contributed by atoms with E-state index < -0.39 is 0 Å². The molecule has 1 aromatic carbocycles. The minimum absolute atomic E-state index is 0.519. The Kier molecular flexibility index (Phi) is 5.30. The summed E-state index contributed by atoms with van der Waals surface area (Å²) in [7, 11) is 6.16. The van der Waals surface area contributed by atoms with E-state index in [0.717, 1.165) is 37.7 Å². The summed E-state index contributed by atoms with van der Waals surface area (Å²) in [5, 5.41) is 0. The molecule has 5 heteroatoms. The summed E-state index contributed by atoms with van der Waals surface area (Å²) in [6.45, 7) is 3.39. The van der Waals surface area contributed by atoms with Gasteiger partial charge >= 0.3 is 0 Å². The van der Waals surface area contributed by atoms with Gasteiger partial charge in [0.1, 0.15) is 18.0 Å². The van der Waals surface area contributed by atoms with Gasteiger partial charge in [0.2, 0.25) is 0 Å². The Morgan fingerprint density at radius 1 is 1.08 bits per heavy atom. The van der Waals surface area contributed by atoms with Crippen molar-refractivity contribution in [1.82, 2.24) is 14.9 Å². The maximum absolute atomic E-state index is 4.45. The minimum atomic E-state index is 0.519. The van der Waals surface area contributed by atoms with Crippen molar-refractivity contribution in [3.63, 3.8) is 0 Å². The molecule has 1 aliphatic heterocycles. The summed E-state index contributed by atoms with van der Waals surface area (Å²) in [5.41, 5.74) is 1.42. The molecule has 0 radical (unpaired) electrons. The van der Waals surface area contributed by atoms with Crippen LogP contribution in [0.2, 0.25) is 0 Å². The first kappa shape index (κ1) is 16.7. The zero-order valence-corrected chi connectivity index (χ0v) is 14.9. The van der Waals surface area contributed by atoms with Gasteiger partial charge < -0.3 is 14.7 Å². The topological polar surface area (TPSA) is 35.5 Å². The Morgan fingerprint density at radius 2 is 1.83 bits per heavy atom. The van der Waals surface area contributed by atoms with Crippen LogP contribution >= 0.6 is 0 Å². The zero-order valence-electron chi connectivity index (χ0n) is 14.9. The second kappa shape index (κ2) is 7.62. The van der Waals surface area contributed by atoms with Gasteiger partial charge in [-0.1, -0.05) is 30.3 Å². The van der Waals surface area contributed by atoms with Crippen LogP contribution in [-0.4, -0.2) is 61.7 Å². The van der Waals surface area contributed by atoms with Crippen molar-refractivity contribution < 1.29 is 0 Å². The van der Waals surface area contributed by atoms with Crippen molar-refractivity contribution in [3.05, 3.63) is 48.3 Å². The first-order valence-electron chi connectivity index (χ1n) is 8.62.